The maximum absolute atomic E-state index is 11.5. The molecule has 0 aliphatic rings. The van der Waals surface area contributed by atoms with Crippen LogP contribution in [0.25, 0.3) is 0 Å². The van der Waals surface area contributed by atoms with Gasteiger partial charge in [-0.15, -0.1) is 0 Å². The molecule has 0 radical (unpaired) electrons. The molecule has 0 unspecified atom stereocenters. The van der Waals surface area contributed by atoms with Crippen LogP contribution in [-0.4, -0.2) is 11.9 Å². The maximum atomic E-state index is 11.5. The number of carbonyl (C=O) groups is 2. The largest absolute Gasteiger partial charge is 0.350 e. The normalized spacial score (nSPS) is 9.47. The van der Waals surface area contributed by atoms with Crippen molar-refractivity contribution in [2.24, 2.45) is 5.73 Å². The highest BCUT2D eigenvalue weighted by atomic mass is 79.9. The molecule has 0 atom stereocenters. The standard InChI is InChI=1S/C8H7Br2N3O2/c9-4-1-2-6(10)5(3-4)7(14)12-13-8(11)15/h1-3H,(H,12,14)(H3,11,13,15). The van der Waals surface area contributed by atoms with E-state index in [4.69, 9.17) is 5.73 Å². The van der Waals surface area contributed by atoms with Gasteiger partial charge in [0.15, 0.2) is 0 Å². The average molecular weight is 337 g/mol. The SMILES string of the molecule is NC(=O)NNC(=O)c1cc(Br)ccc1Br. The summed E-state index contributed by atoms with van der Waals surface area (Å²) < 4.78 is 1.38. The van der Waals surface area contributed by atoms with Crippen LogP contribution in [0, 0.1) is 0 Å². The molecule has 4 N–H and O–H groups in total. The predicted molar refractivity (Wildman–Crippen MR) is 62.0 cm³/mol. The number of primary amides is 1. The number of amides is 3. The van der Waals surface area contributed by atoms with Crippen molar-refractivity contribution in [2.45, 2.75) is 0 Å². The van der Waals surface area contributed by atoms with E-state index in [1.54, 1.807) is 18.2 Å². The second-order valence-electron chi connectivity index (χ2n) is 2.57. The van der Waals surface area contributed by atoms with Gasteiger partial charge >= 0.3 is 6.03 Å². The summed E-state index contributed by atoms with van der Waals surface area (Å²) in [6.45, 7) is 0. The summed E-state index contributed by atoms with van der Waals surface area (Å²) in [4.78, 5) is 21.9. The lowest BCUT2D eigenvalue weighted by Gasteiger charge is -2.06. The Morgan fingerprint density at radius 2 is 1.87 bits per heavy atom. The molecule has 0 saturated carbocycles. The van der Waals surface area contributed by atoms with Gasteiger partial charge < -0.3 is 5.73 Å². The molecular weight excluding hydrogens is 330 g/mol. The van der Waals surface area contributed by atoms with Crippen LogP contribution >= 0.6 is 31.9 Å². The first kappa shape index (κ1) is 12.0. The van der Waals surface area contributed by atoms with Crippen molar-refractivity contribution >= 4 is 43.8 Å². The zero-order valence-electron chi connectivity index (χ0n) is 7.38. The third-order valence-electron chi connectivity index (χ3n) is 1.47. The molecule has 7 heteroatoms. The summed E-state index contributed by atoms with van der Waals surface area (Å²) in [7, 11) is 0. The Labute approximate surface area is 103 Å². The zero-order chi connectivity index (χ0) is 11.4. The molecule has 80 valence electrons. The lowest BCUT2D eigenvalue weighted by Crippen LogP contribution is -2.44. The lowest BCUT2D eigenvalue weighted by atomic mass is 10.2. The fraction of sp³-hybridized carbons (Fsp3) is 0. The lowest BCUT2D eigenvalue weighted by molar-refractivity contribution is 0.0936. The molecule has 3 amide bonds. The number of hydrogen-bond acceptors (Lipinski definition) is 2. The minimum atomic E-state index is -0.825. The number of rotatable bonds is 1. The molecule has 5 nitrogen and oxygen atoms in total. The van der Waals surface area contributed by atoms with Gasteiger partial charge in [0.05, 0.1) is 5.56 Å². The number of urea groups is 1. The van der Waals surface area contributed by atoms with E-state index in [9.17, 15) is 9.59 Å². The Hall–Kier alpha value is -1.08. The molecule has 0 heterocycles. The molecule has 1 rings (SSSR count). The molecule has 0 aliphatic heterocycles. The van der Waals surface area contributed by atoms with E-state index in [2.05, 4.69) is 37.3 Å². The summed E-state index contributed by atoms with van der Waals surface area (Å²) in [6, 6.07) is 4.28. The Kier molecular flexibility index (Phi) is 4.10. The van der Waals surface area contributed by atoms with Crippen LogP contribution in [-0.2, 0) is 0 Å². The number of nitrogens with one attached hydrogen (secondary N) is 2. The van der Waals surface area contributed by atoms with Crippen molar-refractivity contribution in [1.29, 1.82) is 0 Å². The van der Waals surface area contributed by atoms with E-state index in [1.807, 2.05) is 5.43 Å². The van der Waals surface area contributed by atoms with E-state index >= 15 is 0 Å². The molecule has 0 aliphatic carbocycles. The van der Waals surface area contributed by atoms with Gasteiger partial charge in [-0.25, -0.2) is 10.2 Å². The molecule has 15 heavy (non-hydrogen) atoms. The van der Waals surface area contributed by atoms with Crippen molar-refractivity contribution in [3.63, 3.8) is 0 Å². The second kappa shape index (κ2) is 5.13. The van der Waals surface area contributed by atoms with Gasteiger partial charge in [0.25, 0.3) is 5.91 Å². The quantitative estimate of drug-likeness (QED) is 0.679. The first-order valence-electron chi connectivity index (χ1n) is 3.81. The van der Waals surface area contributed by atoms with Crippen molar-refractivity contribution in [3.8, 4) is 0 Å². The third kappa shape index (κ3) is 3.52. The second-order valence-corrected chi connectivity index (χ2v) is 4.34. The van der Waals surface area contributed by atoms with Crippen LogP contribution in [0.1, 0.15) is 10.4 Å². The Morgan fingerprint density at radius 1 is 1.20 bits per heavy atom. The monoisotopic (exact) mass is 335 g/mol. The summed E-state index contributed by atoms with van der Waals surface area (Å²) in [5.41, 5.74) is 9.33. The van der Waals surface area contributed by atoms with Crippen LogP contribution in [0.4, 0.5) is 4.79 Å². The van der Waals surface area contributed by atoms with Crippen LogP contribution < -0.4 is 16.6 Å². The first-order valence-corrected chi connectivity index (χ1v) is 5.40. The van der Waals surface area contributed by atoms with Crippen molar-refractivity contribution in [2.75, 3.05) is 0 Å². The summed E-state index contributed by atoms with van der Waals surface area (Å²) in [6.07, 6.45) is 0. The first-order chi connectivity index (χ1) is 7.00. The van der Waals surface area contributed by atoms with E-state index in [0.29, 0.717) is 10.0 Å². The van der Waals surface area contributed by atoms with E-state index in [1.165, 1.54) is 0 Å². The van der Waals surface area contributed by atoms with Crippen molar-refractivity contribution in [1.82, 2.24) is 10.9 Å². The van der Waals surface area contributed by atoms with Crippen molar-refractivity contribution < 1.29 is 9.59 Å². The summed E-state index contributed by atoms with van der Waals surface area (Å²) in [5.74, 6) is -0.457. The number of nitrogens with two attached hydrogens (primary N) is 1. The smallest absolute Gasteiger partial charge is 0.330 e. The van der Waals surface area contributed by atoms with E-state index in [0.717, 1.165) is 4.47 Å². The fourth-order valence-electron chi connectivity index (χ4n) is 0.857. The van der Waals surface area contributed by atoms with Gasteiger partial charge in [0.2, 0.25) is 0 Å². The van der Waals surface area contributed by atoms with Gasteiger partial charge in [0.1, 0.15) is 0 Å². The molecule has 0 spiro atoms. The van der Waals surface area contributed by atoms with Crippen LogP contribution in [0.3, 0.4) is 0 Å². The van der Waals surface area contributed by atoms with Gasteiger partial charge in [-0.3, -0.25) is 10.2 Å². The Bertz CT molecular complexity index is 409. The number of halogens is 2. The highest BCUT2D eigenvalue weighted by molar-refractivity contribution is 9.11. The van der Waals surface area contributed by atoms with Gasteiger partial charge in [-0.1, -0.05) is 15.9 Å². The molecule has 1 aromatic rings. The Morgan fingerprint density at radius 3 is 2.47 bits per heavy atom. The average Bonchev–Trinajstić information content (AvgIpc) is 2.18. The third-order valence-corrected chi connectivity index (χ3v) is 2.66. The molecule has 0 aromatic heterocycles. The minimum Gasteiger partial charge on any atom is -0.350 e. The summed E-state index contributed by atoms with van der Waals surface area (Å²) in [5, 5.41) is 0. The number of carbonyl (C=O) groups excluding carboxylic acids is 2. The van der Waals surface area contributed by atoms with Crippen molar-refractivity contribution in [3.05, 3.63) is 32.7 Å². The molecule has 0 bridgehead atoms. The zero-order valence-corrected chi connectivity index (χ0v) is 10.6. The highest BCUT2D eigenvalue weighted by Gasteiger charge is 2.10. The molecule has 0 fully saturated rings. The topological polar surface area (TPSA) is 84.2 Å². The molecular formula is C8H7Br2N3O2. The highest BCUT2D eigenvalue weighted by Crippen LogP contribution is 2.21. The summed E-state index contributed by atoms with van der Waals surface area (Å²) >= 11 is 6.44. The minimum absolute atomic E-state index is 0.387. The number of hydrogen-bond donors (Lipinski definition) is 3. The van der Waals surface area contributed by atoms with Crippen LogP contribution in [0.15, 0.2) is 27.1 Å². The number of benzene rings is 1. The van der Waals surface area contributed by atoms with Crippen LogP contribution in [0.2, 0.25) is 0 Å². The van der Waals surface area contributed by atoms with E-state index in [-0.39, 0.29) is 0 Å². The molecule has 0 saturated heterocycles. The Balaban J connectivity index is 2.81. The van der Waals surface area contributed by atoms with Gasteiger partial charge in [-0.05, 0) is 34.1 Å². The fourth-order valence-corrected chi connectivity index (χ4v) is 1.64. The maximum Gasteiger partial charge on any atom is 0.330 e. The van der Waals surface area contributed by atoms with Crippen LogP contribution in [0.5, 0.6) is 0 Å². The predicted octanol–water partition coefficient (Wildman–Crippen LogP) is 1.52. The number of hydrazine groups is 1. The van der Waals surface area contributed by atoms with E-state index < -0.39 is 11.9 Å². The molecule has 1 aromatic carbocycles. The van der Waals surface area contributed by atoms with Gasteiger partial charge in [0, 0.05) is 8.95 Å². The van der Waals surface area contributed by atoms with Gasteiger partial charge in [-0.2, -0.15) is 0 Å².